The number of hydrogen-bond donors (Lipinski definition) is 1. The minimum Gasteiger partial charge on any atom is -0.444 e. The molecule has 1 spiro atoms. The molecule has 0 radical (unpaired) electrons. The van der Waals surface area contributed by atoms with Gasteiger partial charge in [-0.3, -0.25) is 9.59 Å². The first-order valence-corrected chi connectivity index (χ1v) is 7.04. The molecule has 20 heavy (non-hydrogen) atoms. The van der Waals surface area contributed by atoms with Crippen LogP contribution in [0.4, 0.5) is 4.79 Å². The number of carbonyl (C=O) groups is 3. The van der Waals surface area contributed by atoms with Gasteiger partial charge in [0.2, 0.25) is 5.78 Å². The average Bonchev–Trinajstić information content (AvgIpc) is 2.35. The van der Waals surface area contributed by atoms with Crippen molar-refractivity contribution in [2.24, 2.45) is 5.41 Å². The summed E-state index contributed by atoms with van der Waals surface area (Å²) < 4.78 is 5.32. The van der Waals surface area contributed by atoms with Gasteiger partial charge in [0.05, 0.1) is 0 Å². The number of nitrogens with one attached hydrogen (secondary N) is 1. The van der Waals surface area contributed by atoms with E-state index in [9.17, 15) is 14.4 Å². The number of ether oxygens (including phenoxy) is 1. The highest BCUT2D eigenvalue weighted by Crippen LogP contribution is 2.37. The first-order chi connectivity index (χ1) is 9.23. The van der Waals surface area contributed by atoms with Crippen molar-refractivity contribution in [3.05, 3.63) is 0 Å². The molecule has 2 aliphatic rings. The van der Waals surface area contributed by atoms with Crippen LogP contribution in [0.3, 0.4) is 0 Å². The molecular formula is C14H22N2O4. The summed E-state index contributed by atoms with van der Waals surface area (Å²) >= 11 is 0. The van der Waals surface area contributed by atoms with E-state index >= 15 is 0 Å². The normalized spacial score (nSPS) is 22.6. The number of rotatable bonds is 0. The highest BCUT2D eigenvalue weighted by Gasteiger charge is 2.47. The van der Waals surface area contributed by atoms with Gasteiger partial charge in [0, 0.05) is 25.0 Å². The average molecular weight is 282 g/mol. The lowest BCUT2D eigenvalue weighted by Crippen LogP contribution is -2.55. The molecule has 6 heteroatoms. The molecule has 0 aromatic carbocycles. The Morgan fingerprint density at radius 2 is 1.80 bits per heavy atom. The molecule has 2 rings (SSSR count). The summed E-state index contributed by atoms with van der Waals surface area (Å²) in [7, 11) is 0. The molecule has 0 bridgehead atoms. The zero-order chi connectivity index (χ0) is 15.0. The fourth-order valence-electron chi connectivity index (χ4n) is 2.77. The van der Waals surface area contributed by atoms with E-state index in [1.165, 1.54) is 0 Å². The summed E-state index contributed by atoms with van der Waals surface area (Å²) in [6.07, 6.45) is 1.40. The lowest BCUT2D eigenvalue weighted by atomic mass is 9.70. The fraction of sp³-hybridized carbons (Fsp3) is 0.786. The van der Waals surface area contributed by atoms with Gasteiger partial charge < -0.3 is 15.0 Å². The van der Waals surface area contributed by atoms with E-state index in [0.717, 1.165) is 0 Å². The van der Waals surface area contributed by atoms with Crippen molar-refractivity contribution in [1.82, 2.24) is 10.2 Å². The van der Waals surface area contributed by atoms with Gasteiger partial charge in [-0.15, -0.1) is 0 Å². The molecule has 0 aliphatic carbocycles. The Bertz CT molecular complexity index is 431. The van der Waals surface area contributed by atoms with Crippen molar-refractivity contribution in [1.29, 1.82) is 0 Å². The molecule has 0 saturated carbocycles. The van der Waals surface area contributed by atoms with Crippen molar-refractivity contribution in [2.45, 2.75) is 45.6 Å². The number of Topliss-reactive ketones (excluding diaryl/α,β-unsaturated/α-hetero) is 1. The molecule has 2 amide bonds. The number of likely N-dealkylation sites (tertiary alicyclic amines) is 1. The Morgan fingerprint density at radius 1 is 1.20 bits per heavy atom. The van der Waals surface area contributed by atoms with Gasteiger partial charge in [0.25, 0.3) is 5.91 Å². The maximum Gasteiger partial charge on any atom is 0.410 e. The van der Waals surface area contributed by atoms with Crippen molar-refractivity contribution < 1.29 is 19.1 Å². The Balaban J connectivity index is 1.97. The van der Waals surface area contributed by atoms with E-state index in [1.807, 2.05) is 20.8 Å². The van der Waals surface area contributed by atoms with Crippen molar-refractivity contribution in [3.8, 4) is 0 Å². The van der Waals surface area contributed by atoms with E-state index in [4.69, 9.17) is 4.74 Å². The fourth-order valence-corrected chi connectivity index (χ4v) is 2.77. The smallest absolute Gasteiger partial charge is 0.410 e. The number of piperidine rings is 2. The molecule has 0 unspecified atom stereocenters. The summed E-state index contributed by atoms with van der Waals surface area (Å²) in [6, 6.07) is 0. The third-order valence-electron chi connectivity index (χ3n) is 3.95. The zero-order valence-corrected chi connectivity index (χ0v) is 12.3. The van der Waals surface area contributed by atoms with Gasteiger partial charge >= 0.3 is 6.09 Å². The van der Waals surface area contributed by atoms with Crippen LogP contribution in [-0.4, -0.2) is 47.9 Å². The predicted octanol–water partition coefficient (Wildman–Crippen LogP) is 1.09. The van der Waals surface area contributed by atoms with Gasteiger partial charge in [0.1, 0.15) is 5.60 Å². The van der Waals surface area contributed by atoms with Gasteiger partial charge in [0.15, 0.2) is 0 Å². The highest BCUT2D eigenvalue weighted by molar-refractivity contribution is 6.38. The molecule has 112 valence electrons. The minimum absolute atomic E-state index is 0.326. The van der Waals surface area contributed by atoms with Crippen LogP contribution in [0.25, 0.3) is 0 Å². The van der Waals surface area contributed by atoms with E-state index in [-0.39, 0.29) is 11.9 Å². The van der Waals surface area contributed by atoms with Gasteiger partial charge in [-0.05, 0) is 40.0 Å². The quantitative estimate of drug-likeness (QED) is 0.675. The summed E-state index contributed by atoms with van der Waals surface area (Å²) in [6.45, 7) is 6.95. The second-order valence-electron chi connectivity index (χ2n) is 6.58. The standard InChI is InChI=1S/C14H22N2O4/c1-13(2,3)20-12(19)16-8-5-14(6-9-16)4-7-15-11(18)10(14)17/h4-9H2,1-3H3,(H,15,18). The number of nitrogens with zero attached hydrogens (tertiary/aromatic N) is 1. The van der Waals surface area contributed by atoms with E-state index in [2.05, 4.69) is 5.32 Å². The second kappa shape index (κ2) is 5.07. The number of ketones is 1. The molecule has 2 saturated heterocycles. The van der Waals surface area contributed by atoms with Crippen LogP contribution < -0.4 is 5.32 Å². The maximum absolute atomic E-state index is 12.1. The number of hydrogen-bond acceptors (Lipinski definition) is 4. The largest absolute Gasteiger partial charge is 0.444 e. The second-order valence-corrected chi connectivity index (χ2v) is 6.58. The van der Waals surface area contributed by atoms with E-state index in [1.54, 1.807) is 4.90 Å². The predicted molar refractivity (Wildman–Crippen MR) is 72.1 cm³/mol. The van der Waals surface area contributed by atoms with Crippen molar-refractivity contribution in [3.63, 3.8) is 0 Å². The first-order valence-electron chi connectivity index (χ1n) is 7.04. The molecule has 0 atom stereocenters. The van der Waals surface area contributed by atoms with Crippen LogP contribution >= 0.6 is 0 Å². The summed E-state index contributed by atoms with van der Waals surface area (Å²) in [4.78, 5) is 37.2. The SMILES string of the molecule is CC(C)(C)OC(=O)N1CCC2(CCNC(=O)C2=O)CC1. The van der Waals surface area contributed by atoms with Gasteiger partial charge in [-0.2, -0.15) is 0 Å². The molecule has 6 nitrogen and oxygen atoms in total. The van der Waals surface area contributed by atoms with Crippen LogP contribution in [0.1, 0.15) is 40.0 Å². The molecule has 1 N–H and O–H groups in total. The molecule has 2 heterocycles. The van der Waals surface area contributed by atoms with Crippen LogP contribution in [0.5, 0.6) is 0 Å². The minimum atomic E-state index is -0.569. The Labute approximate surface area is 118 Å². The van der Waals surface area contributed by atoms with Crippen LogP contribution in [0, 0.1) is 5.41 Å². The Kier molecular flexibility index (Phi) is 3.75. The van der Waals surface area contributed by atoms with Crippen LogP contribution in [-0.2, 0) is 14.3 Å². The summed E-state index contributed by atoms with van der Waals surface area (Å²) in [5, 5.41) is 2.57. The van der Waals surface area contributed by atoms with E-state index in [0.29, 0.717) is 38.9 Å². The maximum atomic E-state index is 12.1. The summed E-state index contributed by atoms with van der Waals surface area (Å²) in [5.74, 6) is -0.811. The Hall–Kier alpha value is -1.59. The van der Waals surface area contributed by atoms with Gasteiger partial charge in [-0.25, -0.2) is 4.79 Å². The third kappa shape index (κ3) is 2.94. The molecule has 0 aromatic heterocycles. The highest BCUT2D eigenvalue weighted by atomic mass is 16.6. The first kappa shape index (κ1) is 14.8. The molecule has 2 aliphatic heterocycles. The molecule has 0 aromatic rings. The number of amides is 2. The topological polar surface area (TPSA) is 75.7 Å². The monoisotopic (exact) mass is 282 g/mol. The Morgan fingerprint density at radius 3 is 2.35 bits per heavy atom. The van der Waals surface area contributed by atoms with Crippen LogP contribution in [0.2, 0.25) is 0 Å². The molecular weight excluding hydrogens is 260 g/mol. The number of carbonyl (C=O) groups excluding carboxylic acids is 3. The lowest BCUT2D eigenvalue weighted by molar-refractivity contribution is -0.148. The zero-order valence-electron chi connectivity index (χ0n) is 12.3. The third-order valence-corrected chi connectivity index (χ3v) is 3.95. The molecule has 2 fully saturated rings. The lowest BCUT2D eigenvalue weighted by Gasteiger charge is -2.42. The van der Waals surface area contributed by atoms with Gasteiger partial charge in [-0.1, -0.05) is 0 Å². The van der Waals surface area contributed by atoms with Crippen LogP contribution in [0.15, 0.2) is 0 Å². The van der Waals surface area contributed by atoms with Crippen molar-refractivity contribution in [2.75, 3.05) is 19.6 Å². The van der Waals surface area contributed by atoms with E-state index < -0.39 is 16.9 Å². The summed E-state index contributed by atoms with van der Waals surface area (Å²) in [5.41, 5.74) is -1.09. The van der Waals surface area contributed by atoms with Crippen molar-refractivity contribution >= 4 is 17.8 Å².